The van der Waals surface area contributed by atoms with Gasteiger partial charge in [0.1, 0.15) is 11.5 Å². The Balaban J connectivity index is 2.45. The SMILES string of the molecule is CCCNc1nc(-c2occc2Br)c(Cl)cc1Cl. The zero-order chi connectivity index (χ0) is 13.1. The number of hydrogen-bond acceptors (Lipinski definition) is 3. The minimum Gasteiger partial charge on any atom is -0.461 e. The Morgan fingerprint density at radius 2 is 2.17 bits per heavy atom. The minimum absolute atomic E-state index is 0.456. The molecule has 2 heterocycles. The topological polar surface area (TPSA) is 38.1 Å². The van der Waals surface area contributed by atoms with E-state index in [0.717, 1.165) is 17.4 Å². The van der Waals surface area contributed by atoms with Gasteiger partial charge in [-0.25, -0.2) is 4.98 Å². The molecule has 0 aliphatic rings. The summed E-state index contributed by atoms with van der Waals surface area (Å²) in [6, 6.07) is 3.46. The largest absolute Gasteiger partial charge is 0.461 e. The summed E-state index contributed by atoms with van der Waals surface area (Å²) in [5.74, 6) is 1.21. The van der Waals surface area contributed by atoms with E-state index in [2.05, 4.69) is 33.2 Å². The van der Waals surface area contributed by atoms with Gasteiger partial charge in [-0.3, -0.25) is 0 Å². The third kappa shape index (κ3) is 2.82. The van der Waals surface area contributed by atoms with Crippen molar-refractivity contribution in [1.82, 2.24) is 4.98 Å². The van der Waals surface area contributed by atoms with E-state index in [1.807, 2.05) is 0 Å². The molecule has 0 radical (unpaired) electrons. The Morgan fingerprint density at radius 3 is 2.78 bits per heavy atom. The van der Waals surface area contributed by atoms with Crippen molar-refractivity contribution in [3.05, 3.63) is 32.9 Å². The lowest BCUT2D eigenvalue weighted by Gasteiger charge is -2.09. The summed E-state index contributed by atoms with van der Waals surface area (Å²) in [5, 5.41) is 4.11. The minimum atomic E-state index is 0.456. The number of furan rings is 1. The van der Waals surface area contributed by atoms with Crippen molar-refractivity contribution in [3.63, 3.8) is 0 Å². The molecular formula is C12H11BrCl2N2O. The number of nitrogens with zero attached hydrogens (tertiary/aromatic N) is 1. The Hall–Kier alpha value is -0.710. The summed E-state index contributed by atoms with van der Waals surface area (Å²) in [5.41, 5.74) is 0.566. The molecule has 0 aromatic carbocycles. The van der Waals surface area contributed by atoms with Gasteiger partial charge < -0.3 is 9.73 Å². The van der Waals surface area contributed by atoms with Gasteiger partial charge in [-0.05, 0) is 34.5 Å². The third-order valence-electron chi connectivity index (χ3n) is 2.30. The smallest absolute Gasteiger partial charge is 0.168 e. The lowest BCUT2D eigenvalue weighted by molar-refractivity contribution is 0.579. The lowest BCUT2D eigenvalue weighted by Crippen LogP contribution is -2.03. The molecule has 6 heteroatoms. The van der Waals surface area contributed by atoms with Crippen molar-refractivity contribution in [2.45, 2.75) is 13.3 Å². The maximum absolute atomic E-state index is 6.14. The molecule has 0 unspecified atom stereocenters. The molecule has 0 saturated carbocycles. The van der Waals surface area contributed by atoms with Crippen LogP contribution in [-0.2, 0) is 0 Å². The fourth-order valence-corrected chi connectivity index (χ4v) is 2.36. The first kappa shape index (κ1) is 13.7. The van der Waals surface area contributed by atoms with E-state index in [4.69, 9.17) is 27.6 Å². The van der Waals surface area contributed by atoms with Crippen LogP contribution in [0.5, 0.6) is 0 Å². The molecule has 1 N–H and O–H groups in total. The number of rotatable bonds is 4. The molecular weight excluding hydrogens is 339 g/mol. The van der Waals surface area contributed by atoms with Gasteiger partial charge in [0.25, 0.3) is 0 Å². The van der Waals surface area contributed by atoms with Crippen LogP contribution in [0.1, 0.15) is 13.3 Å². The van der Waals surface area contributed by atoms with E-state index < -0.39 is 0 Å². The predicted molar refractivity (Wildman–Crippen MR) is 78.4 cm³/mol. The summed E-state index contributed by atoms with van der Waals surface area (Å²) in [6.07, 6.45) is 2.56. The third-order valence-corrected chi connectivity index (χ3v) is 3.50. The van der Waals surface area contributed by atoms with E-state index in [1.165, 1.54) is 0 Å². The maximum atomic E-state index is 6.14. The fourth-order valence-electron chi connectivity index (χ4n) is 1.46. The number of halogens is 3. The first-order valence-electron chi connectivity index (χ1n) is 5.46. The van der Waals surface area contributed by atoms with Crippen molar-refractivity contribution < 1.29 is 4.42 Å². The van der Waals surface area contributed by atoms with Crippen LogP contribution in [0.2, 0.25) is 10.0 Å². The molecule has 3 nitrogen and oxygen atoms in total. The number of aromatic nitrogens is 1. The second-order valence-electron chi connectivity index (χ2n) is 3.67. The first-order chi connectivity index (χ1) is 8.63. The summed E-state index contributed by atoms with van der Waals surface area (Å²) in [6.45, 7) is 2.87. The van der Waals surface area contributed by atoms with E-state index >= 15 is 0 Å². The molecule has 0 saturated heterocycles. The van der Waals surface area contributed by atoms with Gasteiger partial charge in [-0.2, -0.15) is 0 Å². The van der Waals surface area contributed by atoms with Gasteiger partial charge in [-0.15, -0.1) is 0 Å². The average molecular weight is 350 g/mol. The van der Waals surface area contributed by atoms with Crippen molar-refractivity contribution in [3.8, 4) is 11.5 Å². The maximum Gasteiger partial charge on any atom is 0.168 e. The Labute approximate surface area is 124 Å². The Kier molecular flexibility index (Phi) is 4.54. The van der Waals surface area contributed by atoms with Crippen LogP contribution >= 0.6 is 39.1 Å². The molecule has 0 bridgehead atoms. The molecule has 0 fully saturated rings. The molecule has 96 valence electrons. The van der Waals surface area contributed by atoms with Gasteiger partial charge in [-0.1, -0.05) is 30.1 Å². The molecule has 2 rings (SSSR count). The molecule has 2 aromatic rings. The number of hydrogen-bond donors (Lipinski definition) is 1. The highest BCUT2D eigenvalue weighted by atomic mass is 79.9. The summed E-state index contributed by atoms with van der Waals surface area (Å²) in [4.78, 5) is 4.41. The monoisotopic (exact) mass is 348 g/mol. The summed E-state index contributed by atoms with van der Waals surface area (Å²) < 4.78 is 6.17. The van der Waals surface area contributed by atoms with Gasteiger partial charge in [0.15, 0.2) is 5.76 Å². The standard InChI is InChI=1S/C12H11BrCl2N2O/c1-2-4-16-12-9(15)6-8(14)10(17-12)11-7(13)3-5-18-11/h3,5-6H,2,4H2,1H3,(H,16,17). The zero-order valence-corrected chi connectivity index (χ0v) is 12.7. The molecule has 18 heavy (non-hydrogen) atoms. The average Bonchev–Trinajstić information content (AvgIpc) is 2.74. The first-order valence-corrected chi connectivity index (χ1v) is 7.01. The number of anilines is 1. The van der Waals surface area contributed by atoms with Crippen molar-refractivity contribution in [1.29, 1.82) is 0 Å². The van der Waals surface area contributed by atoms with Gasteiger partial charge in [0.2, 0.25) is 0 Å². The van der Waals surface area contributed by atoms with Crippen molar-refractivity contribution in [2.24, 2.45) is 0 Å². The van der Waals surface area contributed by atoms with Crippen molar-refractivity contribution in [2.75, 3.05) is 11.9 Å². The molecule has 0 aliphatic carbocycles. The molecule has 0 spiro atoms. The Morgan fingerprint density at radius 1 is 1.39 bits per heavy atom. The van der Waals surface area contributed by atoms with Crippen LogP contribution in [0.4, 0.5) is 5.82 Å². The van der Waals surface area contributed by atoms with Crippen molar-refractivity contribution >= 4 is 44.9 Å². The Bertz CT molecular complexity index is 557. The summed E-state index contributed by atoms with van der Waals surface area (Å²) >= 11 is 15.6. The normalized spacial score (nSPS) is 10.7. The molecule has 0 atom stereocenters. The quantitative estimate of drug-likeness (QED) is 0.820. The van der Waals surface area contributed by atoms with Crippen LogP contribution in [-0.4, -0.2) is 11.5 Å². The van der Waals surface area contributed by atoms with Crippen LogP contribution in [0, 0.1) is 0 Å². The molecule has 2 aromatic heterocycles. The summed E-state index contributed by atoms with van der Waals surface area (Å²) in [7, 11) is 0. The second-order valence-corrected chi connectivity index (χ2v) is 5.34. The van der Waals surface area contributed by atoms with Crippen LogP contribution in [0.25, 0.3) is 11.5 Å². The van der Waals surface area contributed by atoms with Crippen LogP contribution in [0.3, 0.4) is 0 Å². The molecule has 0 amide bonds. The molecule has 0 aliphatic heterocycles. The van der Waals surface area contributed by atoms with E-state index in [0.29, 0.717) is 27.3 Å². The van der Waals surface area contributed by atoms with Crippen LogP contribution in [0.15, 0.2) is 27.3 Å². The highest BCUT2D eigenvalue weighted by Crippen LogP contribution is 2.36. The number of pyridine rings is 1. The van der Waals surface area contributed by atoms with E-state index in [-0.39, 0.29) is 0 Å². The number of nitrogens with one attached hydrogen (secondary N) is 1. The second kappa shape index (κ2) is 5.95. The fraction of sp³-hybridized carbons (Fsp3) is 0.250. The van der Waals surface area contributed by atoms with Gasteiger partial charge in [0.05, 0.1) is 20.8 Å². The highest BCUT2D eigenvalue weighted by molar-refractivity contribution is 9.10. The van der Waals surface area contributed by atoms with Gasteiger partial charge >= 0.3 is 0 Å². The van der Waals surface area contributed by atoms with Gasteiger partial charge in [0, 0.05) is 6.54 Å². The van der Waals surface area contributed by atoms with Crippen LogP contribution < -0.4 is 5.32 Å². The zero-order valence-electron chi connectivity index (χ0n) is 9.64. The predicted octanol–water partition coefficient (Wildman–Crippen LogP) is 5.23. The lowest BCUT2D eigenvalue weighted by atomic mass is 10.3. The highest BCUT2D eigenvalue weighted by Gasteiger charge is 2.15. The van der Waals surface area contributed by atoms with E-state index in [1.54, 1.807) is 18.4 Å². The van der Waals surface area contributed by atoms with E-state index in [9.17, 15) is 0 Å².